The number of hydrogen-bond donors (Lipinski definition) is 2. The Labute approximate surface area is 96.3 Å². The maximum absolute atomic E-state index is 12.8. The van der Waals surface area contributed by atoms with Gasteiger partial charge >= 0.3 is 5.97 Å². The number of nitrogens with one attached hydrogen (secondary N) is 1. The molecule has 0 bridgehead atoms. The van der Waals surface area contributed by atoms with Gasteiger partial charge < -0.3 is 10.4 Å². The van der Waals surface area contributed by atoms with E-state index in [9.17, 15) is 18.4 Å². The van der Waals surface area contributed by atoms with Gasteiger partial charge in [-0.15, -0.1) is 0 Å². The predicted molar refractivity (Wildman–Crippen MR) is 56.4 cm³/mol. The van der Waals surface area contributed by atoms with Gasteiger partial charge in [0.15, 0.2) is 11.6 Å². The van der Waals surface area contributed by atoms with Crippen molar-refractivity contribution in [3.8, 4) is 0 Å². The largest absolute Gasteiger partial charge is 0.480 e. The van der Waals surface area contributed by atoms with Crippen molar-refractivity contribution in [1.82, 2.24) is 0 Å². The second-order valence-corrected chi connectivity index (χ2v) is 4.01. The standard InChI is InChI=1S/C11H11F2NO3/c1-11(2,10(16)17)9(15)14-6-3-4-7(12)8(13)5-6/h3-5H,1-2H3,(H,14,15)(H,16,17). The molecule has 6 heteroatoms. The molecule has 0 heterocycles. The SMILES string of the molecule is CC(C)(C(=O)O)C(=O)Nc1ccc(F)c(F)c1. The zero-order valence-corrected chi connectivity index (χ0v) is 9.25. The first-order chi connectivity index (χ1) is 7.75. The third kappa shape index (κ3) is 2.77. The topological polar surface area (TPSA) is 66.4 Å². The van der Waals surface area contributed by atoms with Crippen molar-refractivity contribution >= 4 is 17.6 Å². The molecule has 0 unspecified atom stereocenters. The number of benzene rings is 1. The minimum Gasteiger partial charge on any atom is -0.480 e. The number of rotatable bonds is 3. The van der Waals surface area contributed by atoms with Crippen molar-refractivity contribution in [1.29, 1.82) is 0 Å². The molecule has 0 fully saturated rings. The zero-order chi connectivity index (χ0) is 13.2. The van der Waals surface area contributed by atoms with Crippen LogP contribution in [0.15, 0.2) is 18.2 Å². The summed E-state index contributed by atoms with van der Waals surface area (Å²) in [7, 11) is 0. The van der Waals surface area contributed by atoms with Gasteiger partial charge in [-0.05, 0) is 26.0 Å². The maximum Gasteiger partial charge on any atom is 0.318 e. The molecule has 1 rings (SSSR count). The highest BCUT2D eigenvalue weighted by Crippen LogP contribution is 2.20. The lowest BCUT2D eigenvalue weighted by Gasteiger charge is -2.18. The predicted octanol–water partition coefficient (Wildman–Crippen LogP) is 2.01. The summed E-state index contributed by atoms with van der Waals surface area (Å²) in [5, 5.41) is 11.0. The van der Waals surface area contributed by atoms with Crippen LogP contribution in [0.5, 0.6) is 0 Å². The number of amides is 1. The number of carbonyl (C=O) groups excluding carboxylic acids is 1. The van der Waals surface area contributed by atoms with E-state index in [4.69, 9.17) is 5.11 Å². The molecule has 0 aromatic heterocycles. The van der Waals surface area contributed by atoms with Crippen LogP contribution in [0.1, 0.15) is 13.8 Å². The van der Waals surface area contributed by atoms with Crippen molar-refractivity contribution in [2.75, 3.05) is 5.32 Å². The average Bonchev–Trinajstić information content (AvgIpc) is 2.23. The molecule has 1 aromatic rings. The van der Waals surface area contributed by atoms with Crippen LogP contribution < -0.4 is 5.32 Å². The summed E-state index contributed by atoms with van der Waals surface area (Å²) >= 11 is 0. The van der Waals surface area contributed by atoms with Crippen molar-refractivity contribution < 1.29 is 23.5 Å². The summed E-state index contributed by atoms with van der Waals surface area (Å²) in [5.41, 5.74) is -1.64. The van der Waals surface area contributed by atoms with Gasteiger partial charge in [0, 0.05) is 11.8 Å². The lowest BCUT2D eigenvalue weighted by molar-refractivity contribution is -0.151. The van der Waals surface area contributed by atoms with Crippen LogP contribution in [0.3, 0.4) is 0 Å². The van der Waals surface area contributed by atoms with Crippen molar-refractivity contribution in [3.05, 3.63) is 29.8 Å². The summed E-state index contributed by atoms with van der Waals surface area (Å²) < 4.78 is 25.5. The fraction of sp³-hybridized carbons (Fsp3) is 0.273. The van der Waals surface area contributed by atoms with E-state index in [1.54, 1.807) is 0 Å². The summed E-state index contributed by atoms with van der Waals surface area (Å²) in [4.78, 5) is 22.3. The molecule has 0 radical (unpaired) electrons. The average molecular weight is 243 g/mol. The molecular weight excluding hydrogens is 232 g/mol. The lowest BCUT2D eigenvalue weighted by atomic mass is 9.92. The number of anilines is 1. The molecule has 2 N–H and O–H groups in total. The van der Waals surface area contributed by atoms with E-state index in [1.807, 2.05) is 0 Å². The molecular formula is C11H11F2NO3. The molecule has 1 aromatic carbocycles. The zero-order valence-electron chi connectivity index (χ0n) is 9.25. The van der Waals surface area contributed by atoms with Crippen LogP contribution in [0.25, 0.3) is 0 Å². The molecule has 17 heavy (non-hydrogen) atoms. The smallest absolute Gasteiger partial charge is 0.318 e. The van der Waals surface area contributed by atoms with Gasteiger partial charge in [-0.1, -0.05) is 0 Å². The molecule has 92 valence electrons. The second kappa shape index (κ2) is 4.48. The molecule has 0 aliphatic heterocycles. The van der Waals surface area contributed by atoms with Gasteiger partial charge in [-0.25, -0.2) is 8.78 Å². The van der Waals surface area contributed by atoms with E-state index in [0.717, 1.165) is 18.2 Å². The third-order valence-corrected chi connectivity index (χ3v) is 2.28. The Hall–Kier alpha value is -1.98. The van der Waals surface area contributed by atoms with Crippen LogP contribution in [-0.2, 0) is 9.59 Å². The summed E-state index contributed by atoms with van der Waals surface area (Å²) in [5.74, 6) is -4.27. The van der Waals surface area contributed by atoms with Gasteiger partial charge in [0.2, 0.25) is 5.91 Å². The molecule has 4 nitrogen and oxygen atoms in total. The number of carbonyl (C=O) groups is 2. The molecule has 0 spiro atoms. The van der Waals surface area contributed by atoms with Gasteiger partial charge in [0.05, 0.1) is 0 Å². The number of aliphatic carboxylic acids is 1. The van der Waals surface area contributed by atoms with Crippen LogP contribution in [-0.4, -0.2) is 17.0 Å². The van der Waals surface area contributed by atoms with Crippen molar-refractivity contribution in [3.63, 3.8) is 0 Å². The van der Waals surface area contributed by atoms with Crippen LogP contribution in [0.2, 0.25) is 0 Å². The molecule has 1 amide bonds. The summed E-state index contributed by atoms with van der Waals surface area (Å²) in [6, 6.07) is 2.78. The number of carboxylic acids is 1. The second-order valence-electron chi connectivity index (χ2n) is 4.01. The number of carboxylic acid groups (broad SMARTS) is 1. The van der Waals surface area contributed by atoms with Crippen molar-refractivity contribution in [2.45, 2.75) is 13.8 Å². The minimum atomic E-state index is -1.65. The normalized spacial score (nSPS) is 11.1. The molecule has 0 saturated heterocycles. The summed E-state index contributed by atoms with van der Waals surface area (Å²) in [6.45, 7) is 2.43. The quantitative estimate of drug-likeness (QED) is 0.798. The Morgan fingerprint density at radius 1 is 1.24 bits per heavy atom. The Kier molecular flexibility index (Phi) is 3.45. The van der Waals surface area contributed by atoms with E-state index in [1.165, 1.54) is 13.8 Å². The van der Waals surface area contributed by atoms with Crippen LogP contribution >= 0.6 is 0 Å². The van der Waals surface area contributed by atoms with Gasteiger partial charge in [0.25, 0.3) is 0 Å². The molecule has 0 saturated carbocycles. The van der Waals surface area contributed by atoms with E-state index < -0.39 is 28.9 Å². The van der Waals surface area contributed by atoms with E-state index in [-0.39, 0.29) is 5.69 Å². The first kappa shape index (κ1) is 13.1. The van der Waals surface area contributed by atoms with Gasteiger partial charge in [-0.2, -0.15) is 0 Å². The van der Waals surface area contributed by atoms with Crippen LogP contribution in [0.4, 0.5) is 14.5 Å². The maximum atomic E-state index is 12.8. The molecule has 0 aliphatic carbocycles. The fourth-order valence-corrected chi connectivity index (χ4v) is 0.958. The molecule has 0 atom stereocenters. The van der Waals surface area contributed by atoms with Gasteiger partial charge in [-0.3, -0.25) is 9.59 Å². The highest BCUT2D eigenvalue weighted by atomic mass is 19.2. The number of halogens is 2. The Morgan fingerprint density at radius 2 is 1.82 bits per heavy atom. The first-order valence-corrected chi connectivity index (χ1v) is 4.75. The Balaban J connectivity index is 2.89. The lowest BCUT2D eigenvalue weighted by Crippen LogP contribution is -2.37. The monoisotopic (exact) mass is 243 g/mol. The highest BCUT2D eigenvalue weighted by Gasteiger charge is 2.36. The minimum absolute atomic E-state index is 0.00299. The van der Waals surface area contributed by atoms with E-state index in [2.05, 4.69) is 5.32 Å². The third-order valence-electron chi connectivity index (χ3n) is 2.28. The Bertz CT molecular complexity index is 472. The number of hydrogen-bond acceptors (Lipinski definition) is 2. The van der Waals surface area contributed by atoms with E-state index >= 15 is 0 Å². The molecule has 0 aliphatic rings. The van der Waals surface area contributed by atoms with Gasteiger partial charge in [0.1, 0.15) is 5.41 Å². The Morgan fingerprint density at radius 3 is 2.29 bits per heavy atom. The highest BCUT2D eigenvalue weighted by molar-refractivity contribution is 6.07. The first-order valence-electron chi connectivity index (χ1n) is 4.75. The van der Waals surface area contributed by atoms with Crippen molar-refractivity contribution in [2.24, 2.45) is 5.41 Å². The fourth-order valence-electron chi connectivity index (χ4n) is 0.958. The van der Waals surface area contributed by atoms with Crippen LogP contribution in [0, 0.1) is 17.0 Å². The summed E-state index contributed by atoms with van der Waals surface area (Å²) in [6.07, 6.45) is 0. The van der Waals surface area contributed by atoms with E-state index in [0.29, 0.717) is 0 Å².